The predicted octanol–water partition coefficient (Wildman–Crippen LogP) is 4.41. The average Bonchev–Trinajstić information content (AvgIpc) is 2.57. The van der Waals surface area contributed by atoms with Crippen LogP contribution < -0.4 is 0 Å². The zero-order valence-corrected chi connectivity index (χ0v) is 13.6. The first-order valence-electron chi connectivity index (χ1n) is 7.98. The Labute approximate surface area is 133 Å². The molecule has 1 fully saturated rings. The summed E-state index contributed by atoms with van der Waals surface area (Å²) in [6, 6.07) is 19.0. The third-order valence-electron chi connectivity index (χ3n) is 4.76. The van der Waals surface area contributed by atoms with Gasteiger partial charge in [-0.25, -0.2) is 8.42 Å². The third-order valence-corrected chi connectivity index (χ3v) is 7.34. The van der Waals surface area contributed by atoms with Crippen molar-refractivity contribution >= 4 is 9.84 Å². The highest BCUT2D eigenvalue weighted by atomic mass is 32.2. The van der Waals surface area contributed by atoms with Gasteiger partial charge in [-0.05, 0) is 37.0 Å². The number of hydrogen-bond donors (Lipinski definition) is 0. The highest BCUT2D eigenvalue weighted by Crippen LogP contribution is 2.41. The summed E-state index contributed by atoms with van der Waals surface area (Å²) in [6.45, 7) is 0. The molecular formula is C19H22O2S. The lowest BCUT2D eigenvalue weighted by Crippen LogP contribution is -2.42. The molecule has 0 aliphatic heterocycles. The SMILES string of the molecule is O=S(=O)(c1ccccc1)C1(Cc2ccccc2)CCCCC1. The molecule has 0 unspecified atom stereocenters. The quantitative estimate of drug-likeness (QED) is 0.838. The molecular weight excluding hydrogens is 292 g/mol. The van der Waals surface area contributed by atoms with Gasteiger partial charge in [0.05, 0.1) is 9.64 Å². The van der Waals surface area contributed by atoms with Crippen molar-refractivity contribution < 1.29 is 8.42 Å². The molecule has 116 valence electrons. The van der Waals surface area contributed by atoms with Crippen molar-refractivity contribution in [1.29, 1.82) is 0 Å². The van der Waals surface area contributed by atoms with Crippen LogP contribution in [0.1, 0.15) is 37.7 Å². The highest BCUT2D eigenvalue weighted by molar-refractivity contribution is 7.92. The second-order valence-electron chi connectivity index (χ2n) is 6.22. The summed E-state index contributed by atoms with van der Waals surface area (Å²) >= 11 is 0. The van der Waals surface area contributed by atoms with Gasteiger partial charge in [0.1, 0.15) is 0 Å². The van der Waals surface area contributed by atoms with Crippen LogP contribution in [0.5, 0.6) is 0 Å². The van der Waals surface area contributed by atoms with E-state index in [0.29, 0.717) is 11.3 Å². The lowest BCUT2D eigenvalue weighted by molar-refractivity contribution is 0.370. The molecule has 0 bridgehead atoms. The van der Waals surface area contributed by atoms with Crippen LogP contribution in [-0.4, -0.2) is 13.2 Å². The molecule has 0 aromatic heterocycles. The summed E-state index contributed by atoms with van der Waals surface area (Å²) in [5.41, 5.74) is 1.11. The zero-order valence-electron chi connectivity index (χ0n) is 12.7. The minimum atomic E-state index is -3.32. The molecule has 2 aromatic rings. The Kier molecular flexibility index (Phi) is 4.34. The fourth-order valence-corrected chi connectivity index (χ4v) is 5.75. The molecule has 3 heteroatoms. The van der Waals surface area contributed by atoms with Crippen molar-refractivity contribution in [2.45, 2.75) is 48.2 Å². The van der Waals surface area contributed by atoms with Gasteiger partial charge in [-0.15, -0.1) is 0 Å². The number of sulfone groups is 1. The Bertz CT molecular complexity index is 700. The molecule has 2 nitrogen and oxygen atoms in total. The van der Waals surface area contributed by atoms with E-state index in [0.717, 1.165) is 37.7 Å². The molecule has 0 amide bonds. The fraction of sp³-hybridized carbons (Fsp3) is 0.368. The van der Waals surface area contributed by atoms with E-state index in [2.05, 4.69) is 0 Å². The van der Waals surface area contributed by atoms with Crippen molar-refractivity contribution in [2.24, 2.45) is 0 Å². The van der Waals surface area contributed by atoms with E-state index < -0.39 is 14.6 Å². The molecule has 3 rings (SSSR count). The first-order chi connectivity index (χ1) is 10.6. The molecule has 1 aliphatic carbocycles. The second kappa shape index (κ2) is 6.25. The van der Waals surface area contributed by atoms with Crippen LogP contribution in [0, 0.1) is 0 Å². The Balaban J connectivity index is 2.03. The van der Waals surface area contributed by atoms with E-state index in [1.54, 1.807) is 12.1 Å². The van der Waals surface area contributed by atoms with E-state index in [9.17, 15) is 8.42 Å². The standard InChI is InChI=1S/C19H22O2S/c20-22(21,18-12-6-2-7-13-18)19(14-8-3-9-15-19)16-17-10-4-1-5-11-17/h1-2,4-7,10-13H,3,8-9,14-16H2. The summed E-state index contributed by atoms with van der Waals surface area (Å²) < 4.78 is 26.0. The van der Waals surface area contributed by atoms with Gasteiger partial charge >= 0.3 is 0 Å². The maximum Gasteiger partial charge on any atom is 0.184 e. The summed E-state index contributed by atoms with van der Waals surface area (Å²) in [5, 5.41) is 0. The largest absolute Gasteiger partial charge is 0.223 e. The normalized spacial score (nSPS) is 18.0. The molecule has 1 saturated carbocycles. The molecule has 0 spiro atoms. The van der Waals surface area contributed by atoms with Gasteiger partial charge in [0, 0.05) is 0 Å². The monoisotopic (exact) mass is 314 g/mol. The average molecular weight is 314 g/mol. The summed E-state index contributed by atoms with van der Waals surface area (Å²) in [7, 11) is -3.32. The van der Waals surface area contributed by atoms with Crippen LogP contribution in [0.2, 0.25) is 0 Å². The number of rotatable bonds is 4. The van der Waals surface area contributed by atoms with Crippen molar-refractivity contribution in [1.82, 2.24) is 0 Å². The summed E-state index contributed by atoms with van der Waals surface area (Å²) in [6.07, 6.45) is 5.28. The van der Waals surface area contributed by atoms with E-state index in [4.69, 9.17) is 0 Å². The van der Waals surface area contributed by atoms with Crippen LogP contribution >= 0.6 is 0 Å². The zero-order chi connectivity index (χ0) is 15.5. The maximum atomic E-state index is 13.3. The Morgan fingerprint density at radius 1 is 0.773 bits per heavy atom. The number of benzene rings is 2. The van der Waals surface area contributed by atoms with Crippen LogP contribution in [0.4, 0.5) is 0 Å². The van der Waals surface area contributed by atoms with Gasteiger partial charge in [0.25, 0.3) is 0 Å². The number of hydrogen-bond acceptors (Lipinski definition) is 2. The van der Waals surface area contributed by atoms with Crippen molar-refractivity contribution in [3.63, 3.8) is 0 Å². The Morgan fingerprint density at radius 2 is 1.32 bits per heavy atom. The Hall–Kier alpha value is -1.61. The molecule has 0 heterocycles. The molecule has 2 aromatic carbocycles. The molecule has 0 atom stereocenters. The van der Waals surface area contributed by atoms with Gasteiger partial charge in [-0.2, -0.15) is 0 Å². The third kappa shape index (κ3) is 2.82. The van der Waals surface area contributed by atoms with Gasteiger partial charge in [0.2, 0.25) is 0 Å². The van der Waals surface area contributed by atoms with Gasteiger partial charge in [-0.1, -0.05) is 67.8 Å². The van der Waals surface area contributed by atoms with Crippen LogP contribution in [-0.2, 0) is 16.3 Å². The van der Waals surface area contributed by atoms with E-state index in [-0.39, 0.29) is 0 Å². The maximum absolute atomic E-state index is 13.3. The summed E-state index contributed by atoms with van der Waals surface area (Å²) in [5.74, 6) is 0. The van der Waals surface area contributed by atoms with Gasteiger partial charge < -0.3 is 0 Å². The smallest absolute Gasteiger partial charge is 0.184 e. The van der Waals surface area contributed by atoms with E-state index >= 15 is 0 Å². The van der Waals surface area contributed by atoms with Crippen molar-refractivity contribution in [3.05, 3.63) is 66.2 Å². The molecule has 0 N–H and O–H groups in total. The predicted molar refractivity (Wildman–Crippen MR) is 89.6 cm³/mol. The topological polar surface area (TPSA) is 34.1 Å². The molecule has 0 saturated heterocycles. The molecule has 1 aliphatic rings. The second-order valence-corrected chi connectivity index (χ2v) is 8.57. The minimum absolute atomic E-state index is 0.466. The molecule has 0 radical (unpaired) electrons. The molecule has 22 heavy (non-hydrogen) atoms. The van der Waals surface area contributed by atoms with Crippen LogP contribution in [0.15, 0.2) is 65.6 Å². The van der Waals surface area contributed by atoms with Gasteiger partial charge in [-0.3, -0.25) is 0 Å². The van der Waals surface area contributed by atoms with Crippen molar-refractivity contribution in [3.8, 4) is 0 Å². The lowest BCUT2D eigenvalue weighted by atomic mass is 9.84. The lowest BCUT2D eigenvalue weighted by Gasteiger charge is -2.37. The van der Waals surface area contributed by atoms with Crippen LogP contribution in [0.3, 0.4) is 0 Å². The first-order valence-corrected chi connectivity index (χ1v) is 9.46. The van der Waals surface area contributed by atoms with E-state index in [1.807, 2.05) is 48.5 Å². The van der Waals surface area contributed by atoms with Gasteiger partial charge in [0.15, 0.2) is 9.84 Å². The van der Waals surface area contributed by atoms with E-state index in [1.165, 1.54) is 0 Å². The van der Waals surface area contributed by atoms with Crippen LogP contribution in [0.25, 0.3) is 0 Å². The summed E-state index contributed by atoms with van der Waals surface area (Å²) in [4.78, 5) is 0.466. The first kappa shape index (κ1) is 15.3. The highest BCUT2D eigenvalue weighted by Gasteiger charge is 2.45. The minimum Gasteiger partial charge on any atom is -0.223 e. The van der Waals surface area contributed by atoms with Crippen molar-refractivity contribution in [2.75, 3.05) is 0 Å². The Morgan fingerprint density at radius 3 is 1.91 bits per heavy atom. The fourth-order valence-electron chi connectivity index (χ4n) is 3.55.